The van der Waals surface area contributed by atoms with Crippen molar-refractivity contribution in [3.05, 3.63) is 35.5 Å². The molecule has 0 heterocycles. The van der Waals surface area contributed by atoms with Crippen LogP contribution in [0.1, 0.15) is 12.8 Å². The average molecular weight is 104 g/mol. The molecule has 2 aliphatic carbocycles. The van der Waals surface area contributed by atoms with Crippen LogP contribution in [-0.2, 0) is 0 Å². The van der Waals surface area contributed by atoms with Crippen LogP contribution in [0.4, 0.5) is 0 Å². The largest absolute Gasteiger partial charge is 0.0801 e. The van der Waals surface area contributed by atoms with Gasteiger partial charge in [-0.15, -0.1) is 0 Å². The highest BCUT2D eigenvalue weighted by Gasteiger charge is 2.12. The summed E-state index contributed by atoms with van der Waals surface area (Å²) >= 11 is 0. The molecule has 0 N–H and O–H groups in total. The Balaban J connectivity index is 2.18. The van der Waals surface area contributed by atoms with Crippen LogP contribution < -0.4 is 0 Å². The van der Waals surface area contributed by atoms with E-state index in [9.17, 15) is 0 Å². The second-order valence-corrected chi connectivity index (χ2v) is 2.26. The fourth-order valence-corrected chi connectivity index (χ4v) is 0.999. The number of hydrogen-bond donors (Lipinski definition) is 0. The minimum absolute atomic E-state index is 1.17. The number of allylic oxidation sites excluding steroid dienone is 6. The van der Waals surface area contributed by atoms with E-state index in [0.29, 0.717) is 0 Å². The maximum absolute atomic E-state index is 2.28. The van der Waals surface area contributed by atoms with Crippen LogP contribution in [0.2, 0.25) is 0 Å². The Morgan fingerprint density at radius 3 is 2.50 bits per heavy atom. The van der Waals surface area contributed by atoms with Gasteiger partial charge in [-0.3, -0.25) is 0 Å². The number of rotatable bonds is 1. The standard InChI is InChI=1S/C8H8/c1-2-4-7(3-1)8-5-6-8/h1-3,5H,4,6H2. The first-order valence-electron chi connectivity index (χ1n) is 3.02. The fourth-order valence-electron chi connectivity index (χ4n) is 0.999. The normalized spacial score (nSPS) is 23.0. The molecule has 0 aromatic rings. The molecular formula is C8H8. The average Bonchev–Trinajstić information content (AvgIpc) is 2.49. The molecule has 0 aromatic carbocycles. The number of hydrogen-bond acceptors (Lipinski definition) is 0. The smallest absolute Gasteiger partial charge is 0.00916 e. The summed E-state index contributed by atoms with van der Waals surface area (Å²) in [6.45, 7) is 0. The van der Waals surface area contributed by atoms with E-state index in [1.807, 2.05) is 0 Å². The maximum atomic E-state index is 2.28. The quantitative estimate of drug-likeness (QED) is 0.478. The Labute approximate surface area is 49.2 Å². The molecule has 0 aromatic heterocycles. The van der Waals surface area contributed by atoms with Crippen molar-refractivity contribution in [1.29, 1.82) is 0 Å². The summed E-state index contributed by atoms with van der Waals surface area (Å²) in [6.07, 6.45) is 11.2. The first-order chi connectivity index (χ1) is 3.97. The molecule has 2 aliphatic rings. The van der Waals surface area contributed by atoms with Gasteiger partial charge in [0.05, 0.1) is 0 Å². The molecule has 0 nitrogen and oxygen atoms in total. The molecule has 0 amide bonds. The first kappa shape index (κ1) is 4.13. The predicted octanol–water partition coefficient (Wildman–Crippen LogP) is 2.20. The van der Waals surface area contributed by atoms with Gasteiger partial charge in [0.25, 0.3) is 0 Å². The Bertz CT molecular complexity index is 192. The summed E-state index contributed by atoms with van der Waals surface area (Å²) in [6, 6.07) is 0. The predicted molar refractivity (Wildman–Crippen MR) is 34.5 cm³/mol. The van der Waals surface area contributed by atoms with E-state index in [-0.39, 0.29) is 0 Å². The molecule has 0 atom stereocenters. The summed E-state index contributed by atoms with van der Waals surface area (Å²) in [4.78, 5) is 0. The van der Waals surface area contributed by atoms with Gasteiger partial charge in [0.1, 0.15) is 0 Å². The zero-order valence-electron chi connectivity index (χ0n) is 4.72. The Hall–Kier alpha value is -0.780. The van der Waals surface area contributed by atoms with Crippen molar-refractivity contribution >= 4 is 0 Å². The monoisotopic (exact) mass is 104 g/mol. The molecule has 0 heteroatoms. The van der Waals surface area contributed by atoms with Crippen LogP contribution >= 0.6 is 0 Å². The second kappa shape index (κ2) is 1.35. The van der Waals surface area contributed by atoms with Gasteiger partial charge >= 0.3 is 0 Å². The van der Waals surface area contributed by atoms with Gasteiger partial charge in [0.15, 0.2) is 0 Å². The summed E-state index contributed by atoms with van der Waals surface area (Å²) in [5.74, 6) is 0. The zero-order chi connectivity index (χ0) is 5.40. The van der Waals surface area contributed by atoms with Gasteiger partial charge in [-0.2, -0.15) is 0 Å². The van der Waals surface area contributed by atoms with E-state index >= 15 is 0 Å². The lowest BCUT2D eigenvalue weighted by atomic mass is 10.2. The molecule has 0 spiro atoms. The lowest BCUT2D eigenvalue weighted by Crippen LogP contribution is -1.69. The van der Waals surface area contributed by atoms with Crippen LogP contribution in [0, 0.1) is 0 Å². The van der Waals surface area contributed by atoms with Crippen LogP contribution in [0.5, 0.6) is 0 Å². The minimum atomic E-state index is 1.17. The Kier molecular flexibility index (Phi) is 0.696. The molecule has 0 unspecified atom stereocenters. The summed E-state index contributed by atoms with van der Waals surface area (Å²) in [5, 5.41) is 0. The van der Waals surface area contributed by atoms with Gasteiger partial charge < -0.3 is 0 Å². The van der Waals surface area contributed by atoms with E-state index in [1.54, 1.807) is 5.57 Å². The van der Waals surface area contributed by atoms with Crippen molar-refractivity contribution in [2.45, 2.75) is 12.8 Å². The molecular weight excluding hydrogens is 96.1 g/mol. The summed E-state index contributed by atoms with van der Waals surface area (Å²) in [7, 11) is 0. The van der Waals surface area contributed by atoms with E-state index in [4.69, 9.17) is 0 Å². The van der Waals surface area contributed by atoms with Gasteiger partial charge in [-0.25, -0.2) is 0 Å². The molecule has 0 aliphatic heterocycles. The SMILES string of the molecule is C1=CCC(C2=CC2)=C1. The van der Waals surface area contributed by atoms with Gasteiger partial charge in [0.2, 0.25) is 0 Å². The van der Waals surface area contributed by atoms with Crippen LogP contribution in [0.15, 0.2) is 35.5 Å². The highest BCUT2D eigenvalue weighted by molar-refractivity contribution is 5.47. The van der Waals surface area contributed by atoms with Crippen molar-refractivity contribution in [3.63, 3.8) is 0 Å². The molecule has 0 bridgehead atoms. The van der Waals surface area contributed by atoms with Gasteiger partial charge in [-0.1, -0.05) is 24.3 Å². The van der Waals surface area contributed by atoms with Crippen molar-refractivity contribution in [1.82, 2.24) is 0 Å². The fraction of sp³-hybridized carbons (Fsp3) is 0.250. The van der Waals surface area contributed by atoms with E-state index in [1.165, 1.54) is 18.4 Å². The van der Waals surface area contributed by atoms with Crippen LogP contribution in [0.25, 0.3) is 0 Å². The first-order valence-corrected chi connectivity index (χ1v) is 3.02. The summed E-state index contributed by atoms with van der Waals surface area (Å²) < 4.78 is 0. The van der Waals surface area contributed by atoms with E-state index in [2.05, 4.69) is 24.3 Å². The lowest BCUT2D eigenvalue weighted by Gasteiger charge is -1.87. The lowest BCUT2D eigenvalue weighted by molar-refractivity contribution is 1.28. The van der Waals surface area contributed by atoms with Gasteiger partial charge in [-0.05, 0) is 24.0 Å². The third-order valence-electron chi connectivity index (χ3n) is 1.59. The van der Waals surface area contributed by atoms with Crippen molar-refractivity contribution in [2.75, 3.05) is 0 Å². The maximum Gasteiger partial charge on any atom is -0.00916 e. The highest BCUT2D eigenvalue weighted by Crippen LogP contribution is 2.31. The van der Waals surface area contributed by atoms with E-state index < -0.39 is 0 Å². The topological polar surface area (TPSA) is 0 Å². The molecule has 0 saturated heterocycles. The second-order valence-electron chi connectivity index (χ2n) is 2.26. The molecule has 8 heavy (non-hydrogen) atoms. The van der Waals surface area contributed by atoms with Crippen molar-refractivity contribution in [2.24, 2.45) is 0 Å². The molecule has 0 fully saturated rings. The van der Waals surface area contributed by atoms with Crippen LogP contribution in [0.3, 0.4) is 0 Å². The Morgan fingerprint density at radius 2 is 2.00 bits per heavy atom. The van der Waals surface area contributed by atoms with Crippen molar-refractivity contribution in [3.8, 4) is 0 Å². The third kappa shape index (κ3) is 0.532. The minimum Gasteiger partial charge on any atom is -0.0801 e. The van der Waals surface area contributed by atoms with Crippen LogP contribution in [-0.4, -0.2) is 0 Å². The Morgan fingerprint density at radius 1 is 1.12 bits per heavy atom. The zero-order valence-corrected chi connectivity index (χ0v) is 4.72. The molecule has 0 radical (unpaired) electrons. The molecule has 2 rings (SSSR count). The highest BCUT2D eigenvalue weighted by atomic mass is 14.2. The summed E-state index contributed by atoms with van der Waals surface area (Å²) in [5.41, 5.74) is 3.10. The van der Waals surface area contributed by atoms with Crippen molar-refractivity contribution < 1.29 is 0 Å². The third-order valence-corrected chi connectivity index (χ3v) is 1.59. The van der Waals surface area contributed by atoms with Gasteiger partial charge in [0, 0.05) is 0 Å². The molecule has 0 saturated carbocycles. The van der Waals surface area contributed by atoms with E-state index in [0.717, 1.165) is 0 Å². The molecule has 40 valence electrons.